The normalized spacial score (nSPS) is 27.6. The summed E-state index contributed by atoms with van der Waals surface area (Å²) in [5.74, 6) is 0.574. The van der Waals surface area contributed by atoms with E-state index in [4.69, 9.17) is 29.4 Å². The van der Waals surface area contributed by atoms with Gasteiger partial charge in [-0.3, -0.25) is 4.79 Å². The van der Waals surface area contributed by atoms with E-state index in [9.17, 15) is 4.79 Å². The Morgan fingerprint density at radius 1 is 0.963 bits per heavy atom. The van der Waals surface area contributed by atoms with Crippen molar-refractivity contribution in [3.05, 3.63) is 0 Å². The molecule has 2 N–H and O–H groups in total. The lowest BCUT2D eigenvalue weighted by Crippen LogP contribution is -2.49. The van der Waals surface area contributed by atoms with Crippen molar-refractivity contribution in [2.75, 3.05) is 39.6 Å². The quantitative estimate of drug-likeness (QED) is 0.572. The van der Waals surface area contributed by atoms with Crippen LogP contribution >= 0.6 is 0 Å². The van der Waals surface area contributed by atoms with Gasteiger partial charge in [-0.05, 0) is 17.8 Å². The highest BCUT2D eigenvalue weighted by Crippen LogP contribution is 2.19. The molecule has 1 rings (SSSR count). The topological polar surface area (TPSA) is 89.2 Å². The van der Waals surface area contributed by atoms with Crippen LogP contribution in [0.5, 0.6) is 0 Å². The molecule has 0 aromatic rings. The molecule has 0 saturated carbocycles. The van der Waals surface area contributed by atoms with Crippen LogP contribution in [-0.2, 0) is 28.5 Å². The summed E-state index contributed by atoms with van der Waals surface area (Å²) in [6, 6.07) is -0.827. The SMILES string of the molecule is CC(C)COCC1OC(=O)C(N)COCC(OCC(C)C)C1OCC(C)C. The van der Waals surface area contributed by atoms with E-state index in [1.807, 2.05) is 0 Å². The molecule has 1 fully saturated rings. The van der Waals surface area contributed by atoms with E-state index in [-0.39, 0.29) is 19.3 Å². The minimum absolute atomic E-state index is 0.0941. The molecule has 0 aliphatic carbocycles. The first kappa shape index (κ1) is 24.3. The zero-order chi connectivity index (χ0) is 20.4. The Morgan fingerprint density at radius 2 is 1.56 bits per heavy atom. The zero-order valence-corrected chi connectivity index (χ0v) is 17.8. The first-order valence-electron chi connectivity index (χ1n) is 10.0. The summed E-state index contributed by atoms with van der Waals surface area (Å²) in [6.45, 7) is 14.7. The third-order valence-electron chi connectivity index (χ3n) is 3.88. The van der Waals surface area contributed by atoms with Gasteiger partial charge in [0.25, 0.3) is 0 Å². The van der Waals surface area contributed by atoms with Crippen molar-refractivity contribution < 1.29 is 28.5 Å². The van der Waals surface area contributed by atoms with Gasteiger partial charge >= 0.3 is 5.97 Å². The fraction of sp³-hybridized carbons (Fsp3) is 0.950. The van der Waals surface area contributed by atoms with Gasteiger partial charge in [0.1, 0.15) is 18.2 Å². The molecule has 0 bridgehead atoms. The summed E-state index contributed by atoms with van der Waals surface area (Å²) >= 11 is 0. The van der Waals surface area contributed by atoms with E-state index in [1.54, 1.807) is 0 Å². The van der Waals surface area contributed by atoms with Gasteiger partial charge in [-0.2, -0.15) is 0 Å². The van der Waals surface area contributed by atoms with E-state index < -0.39 is 24.2 Å². The molecule has 1 heterocycles. The molecule has 0 amide bonds. The molecule has 27 heavy (non-hydrogen) atoms. The van der Waals surface area contributed by atoms with Crippen LogP contribution < -0.4 is 5.73 Å². The van der Waals surface area contributed by atoms with E-state index in [0.717, 1.165) is 0 Å². The van der Waals surface area contributed by atoms with Gasteiger partial charge in [0.2, 0.25) is 0 Å². The first-order chi connectivity index (χ1) is 12.7. The maximum atomic E-state index is 12.3. The van der Waals surface area contributed by atoms with Crippen LogP contribution in [0.3, 0.4) is 0 Å². The lowest BCUT2D eigenvalue weighted by Gasteiger charge is -2.33. The highest BCUT2D eigenvalue weighted by Gasteiger charge is 2.37. The molecule has 1 aliphatic heterocycles. The van der Waals surface area contributed by atoms with Crippen molar-refractivity contribution in [1.82, 2.24) is 0 Å². The molecule has 0 spiro atoms. The summed E-state index contributed by atoms with van der Waals surface area (Å²) in [7, 11) is 0. The second-order valence-electron chi connectivity index (χ2n) is 8.51. The number of nitrogens with two attached hydrogens (primary N) is 1. The average Bonchev–Trinajstić information content (AvgIpc) is 2.61. The molecule has 1 aliphatic rings. The maximum absolute atomic E-state index is 12.3. The average molecular weight is 390 g/mol. The standard InChI is InChI=1S/C20H39NO6/c1-13(2)7-23-12-18-19(26-9-15(5)6)17(25-8-14(3)4)11-24-10-16(21)20(22)27-18/h13-19H,7-12,21H2,1-6H3. The lowest BCUT2D eigenvalue weighted by atomic mass is 10.1. The summed E-state index contributed by atoms with van der Waals surface area (Å²) in [6.07, 6.45) is -1.44. The molecule has 0 aromatic heterocycles. The second-order valence-corrected chi connectivity index (χ2v) is 8.51. The molecule has 160 valence electrons. The van der Waals surface area contributed by atoms with Gasteiger partial charge in [0.05, 0.1) is 19.8 Å². The lowest BCUT2D eigenvalue weighted by molar-refractivity contribution is -0.181. The molecule has 1 saturated heterocycles. The molecular weight excluding hydrogens is 350 g/mol. The Labute approximate surface area is 164 Å². The highest BCUT2D eigenvalue weighted by atomic mass is 16.6. The van der Waals surface area contributed by atoms with Crippen LogP contribution in [0.4, 0.5) is 0 Å². The predicted octanol–water partition coefficient (Wildman–Crippen LogP) is 2.01. The predicted molar refractivity (Wildman–Crippen MR) is 103 cm³/mol. The molecule has 0 radical (unpaired) electrons. The summed E-state index contributed by atoms with van der Waals surface area (Å²) in [4.78, 5) is 12.3. The Morgan fingerprint density at radius 3 is 2.15 bits per heavy atom. The van der Waals surface area contributed by atoms with Crippen molar-refractivity contribution in [3.8, 4) is 0 Å². The third kappa shape index (κ3) is 9.85. The van der Waals surface area contributed by atoms with Crippen LogP contribution in [0.2, 0.25) is 0 Å². The Hall–Kier alpha value is -0.730. The number of ether oxygens (including phenoxy) is 5. The van der Waals surface area contributed by atoms with E-state index >= 15 is 0 Å². The fourth-order valence-electron chi connectivity index (χ4n) is 2.54. The molecule has 7 nitrogen and oxygen atoms in total. The van der Waals surface area contributed by atoms with Gasteiger partial charge in [0.15, 0.2) is 6.10 Å². The number of carbonyl (C=O) groups excluding carboxylic acids is 1. The monoisotopic (exact) mass is 389 g/mol. The Balaban J connectivity index is 2.98. The number of carbonyl (C=O) groups is 1. The molecular formula is C20H39NO6. The number of esters is 1. The molecule has 4 atom stereocenters. The number of hydrogen-bond acceptors (Lipinski definition) is 7. The van der Waals surface area contributed by atoms with Gasteiger partial charge in [-0.15, -0.1) is 0 Å². The number of rotatable bonds is 10. The van der Waals surface area contributed by atoms with Gasteiger partial charge in [-0.1, -0.05) is 41.5 Å². The molecule has 0 aromatic carbocycles. The second kappa shape index (κ2) is 12.7. The highest BCUT2D eigenvalue weighted by molar-refractivity contribution is 5.75. The van der Waals surface area contributed by atoms with Gasteiger partial charge in [0, 0.05) is 19.8 Å². The zero-order valence-electron chi connectivity index (χ0n) is 17.8. The Kier molecular flexibility index (Phi) is 11.4. The molecule has 7 heteroatoms. The number of hydrogen-bond donors (Lipinski definition) is 1. The van der Waals surface area contributed by atoms with Crippen molar-refractivity contribution in [2.45, 2.75) is 65.9 Å². The summed E-state index contributed by atoms with van der Waals surface area (Å²) in [5.41, 5.74) is 5.87. The van der Waals surface area contributed by atoms with Crippen molar-refractivity contribution in [2.24, 2.45) is 23.5 Å². The van der Waals surface area contributed by atoms with Crippen molar-refractivity contribution in [1.29, 1.82) is 0 Å². The minimum Gasteiger partial charge on any atom is -0.456 e. The van der Waals surface area contributed by atoms with Crippen LogP contribution in [0.25, 0.3) is 0 Å². The van der Waals surface area contributed by atoms with Gasteiger partial charge in [-0.25, -0.2) is 0 Å². The number of cyclic esters (lactones) is 1. The summed E-state index contributed by atoms with van der Waals surface area (Å²) < 4.78 is 29.3. The van der Waals surface area contributed by atoms with Crippen LogP contribution in [0, 0.1) is 17.8 Å². The van der Waals surface area contributed by atoms with Crippen LogP contribution in [-0.4, -0.2) is 70.0 Å². The maximum Gasteiger partial charge on any atom is 0.325 e. The van der Waals surface area contributed by atoms with Crippen LogP contribution in [0.1, 0.15) is 41.5 Å². The largest absolute Gasteiger partial charge is 0.456 e. The fourth-order valence-corrected chi connectivity index (χ4v) is 2.54. The van der Waals surface area contributed by atoms with E-state index in [1.165, 1.54) is 0 Å². The van der Waals surface area contributed by atoms with Gasteiger partial charge < -0.3 is 29.4 Å². The van der Waals surface area contributed by atoms with Crippen LogP contribution in [0.15, 0.2) is 0 Å². The first-order valence-corrected chi connectivity index (χ1v) is 10.0. The Bertz CT molecular complexity index is 415. The third-order valence-corrected chi connectivity index (χ3v) is 3.88. The smallest absolute Gasteiger partial charge is 0.325 e. The minimum atomic E-state index is -0.827. The van der Waals surface area contributed by atoms with E-state index in [0.29, 0.717) is 44.2 Å². The summed E-state index contributed by atoms with van der Waals surface area (Å²) in [5, 5.41) is 0. The van der Waals surface area contributed by atoms with E-state index in [2.05, 4.69) is 41.5 Å². The van der Waals surface area contributed by atoms with Crippen molar-refractivity contribution in [3.63, 3.8) is 0 Å². The van der Waals surface area contributed by atoms with Crippen molar-refractivity contribution >= 4 is 5.97 Å². The molecule has 4 unspecified atom stereocenters.